The average Bonchev–Trinajstić information content (AvgIpc) is 2.44. The number of aliphatic hydroxyl groups excluding tert-OH is 1. The van der Waals surface area contributed by atoms with Gasteiger partial charge >= 0.3 is 0 Å². The highest BCUT2D eigenvalue weighted by atomic mass is 16.5. The Morgan fingerprint density at radius 2 is 1.50 bits per heavy atom. The molecule has 0 aromatic heterocycles. The highest BCUT2D eigenvalue weighted by Crippen LogP contribution is 2.45. The molecule has 3 rings (SSSR count). The van der Waals surface area contributed by atoms with Gasteiger partial charge in [-0.15, -0.1) is 0 Å². The summed E-state index contributed by atoms with van der Waals surface area (Å²) in [6.07, 6.45) is -0.0101. The van der Waals surface area contributed by atoms with E-state index in [0.717, 1.165) is 22.6 Å². The molecule has 1 unspecified atom stereocenters. The number of para-hydroxylation sites is 2. The molecule has 1 aliphatic rings. The van der Waals surface area contributed by atoms with Crippen molar-refractivity contribution in [3.8, 4) is 11.5 Å². The molecule has 0 saturated heterocycles. The number of hydrogen-bond donors (Lipinski definition) is 1. The molecule has 1 radical (unpaired) electrons. The summed E-state index contributed by atoms with van der Waals surface area (Å²) in [6, 6.07) is 15.7. The van der Waals surface area contributed by atoms with Crippen molar-refractivity contribution in [2.24, 2.45) is 0 Å². The molecule has 2 heteroatoms. The lowest BCUT2D eigenvalue weighted by atomic mass is 9.83. The van der Waals surface area contributed by atoms with Crippen molar-refractivity contribution in [2.45, 2.75) is 18.4 Å². The van der Waals surface area contributed by atoms with Gasteiger partial charge in [-0.3, -0.25) is 0 Å². The lowest BCUT2D eigenvalue weighted by Crippen LogP contribution is -2.22. The van der Waals surface area contributed by atoms with Gasteiger partial charge in [0.15, 0.2) is 0 Å². The van der Waals surface area contributed by atoms with Gasteiger partial charge in [0.2, 0.25) is 0 Å². The summed E-state index contributed by atoms with van der Waals surface area (Å²) in [5.41, 5.74) is 2.07. The van der Waals surface area contributed by atoms with Crippen molar-refractivity contribution < 1.29 is 9.84 Å². The van der Waals surface area contributed by atoms with E-state index in [4.69, 9.17) is 4.74 Å². The third kappa shape index (κ3) is 1.70. The Bertz CT molecular complexity index is 517. The molecule has 1 aliphatic heterocycles. The average molecular weight is 239 g/mol. The third-order valence-corrected chi connectivity index (χ3v) is 3.41. The molecule has 0 saturated carbocycles. The maximum absolute atomic E-state index is 10.3. The number of aliphatic hydroxyl groups is 1. The number of ether oxygens (including phenoxy) is 1. The van der Waals surface area contributed by atoms with Crippen LogP contribution in [0.3, 0.4) is 0 Å². The van der Waals surface area contributed by atoms with Crippen molar-refractivity contribution in [3.63, 3.8) is 0 Å². The minimum absolute atomic E-state index is 0.0522. The number of hydrogen-bond acceptors (Lipinski definition) is 2. The zero-order valence-electron chi connectivity index (χ0n) is 10.0. The number of fused-ring (bicyclic) bond motifs is 2. The van der Waals surface area contributed by atoms with Crippen LogP contribution in [0, 0.1) is 6.92 Å². The summed E-state index contributed by atoms with van der Waals surface area (Å²) in [5.74, 6) is 1.60. The molecule has 2 nitrogen and oxygen atoms in total. The molecule has 0 amide bonds. The van der Waals surface area contributed by atoms with Gasteiger partial charge in [0.25, 0.3) is 0 Å². The van der Waals surface area contributed by atoms with Crippen LogP contribution in [0.5, 0.6) is 11.5 Å². The smallest absolute Gasteiger partial charge is 0.131 e. The van der Waals surface area contributed by atoms with Crippen molar-refractivity contribution in [1.29, 1.82) is 0 Å². The molecule has 1 heterocycles. The molecule has 0 aliphatic carbocycles. The Balaban J connectivity index is 2.17. The summed E-state index contributed by atoms with van der Waals surface area (Å²) >= 11 is 0. The monoisotopic (exact) mass is 239 g/mol. The van der Waals surface area contributed by atoms with Crippen LogP contribution < -0.4 is 4.74 Å². The van der Waals surface area contributed by atoms with Crippen molar-refractivity contribution >= 4 is 0 Å². The van der Waals surface area contributed by atoms with Gasteiger partial charge < -0.3 is 9.84 Å². The van der Waals surface area contributed by atoms with Crippen LogP contribution in [0.4, 0.5) is 0 Å². The molecule has 91 valence electrons. The Morgan fingerprint density at radius 1 is 1.00 bits per heavy atom. The summed E-state index contributed by atoms with van der Waals surface area (Å²) in [6.45, 7) is 3.82. The second-order valence-corrected chi connectivity index (χ2v) is 4.51. The molecule has 2 aromatic rings. The largest absolute Gasteiger partial charge is 0.457 e. The highest BCUT2D eigenvalue weighted by Gasteiger charge is 2.31. The summed E-state index contributed by atoms with van der Waals surface area (Å²) in [5, 5.41) is 10.3. The van der Waals surface area contributed by atoms with Gasteiger partial charge in [-0.25, -0.2) is 0 Å². The standard InChI is InChI=1S/C16H15O2/c1-2-13(17)16-11-7-3-5-9-14(11)18-15-10-6-4-8-12(15)16/h3-10,13,16-17H,1-2H2. The molecule has 0 spiro atoms. The molecular weight excluding hydrogens is 224 g/mol. The SMILES string of the molecule is [CH2]CC(O)C1c2ccccc2Oc2ccccc21. The van der Waals surface area contributed by atoms with Gasteiger partial charge in [-0.1, -0.05) is 43.3 Å². The maximum atomic E-state index is 10.3. The topological polar surface area (TPSA) is 29.5 Å². The van der Waals surface area contributed by atoms with Gasteiger partial charge in [-0.05, 0) is 18.6 Å². The van der Waals surface area contributed by atoms with Crippen molar-refractivity contribution in [1.82, 2.24) is 0 Å². The summed E-state index contributed by atoms with van der Waals surface area (Å²) in [4.78, 5) is 0. The minimum Gasteiger partial charge on any atom is -0.457 e. The fourth-order valence-electron chi connectivity index (χ4n) is 2.53. The fourth-order valence-corrected chi connectivity index (χ4v) is 2.53. The first-order valence-corrected chi connectivity index (χ1v) is 6.14. The van der Waals surface area contributed by atoms with E-state index in [1.54, 1.807) is 0 Å². The molecule has 18 heavy (non-hydrogen) atoms. The maximum Gasteiger partial charge on any atom is 0.131 e. The first kappa shape index (κ1) is 11.3. The van der Waals surface area contributed by atoms with E-state index in [1.165, 1.54) is 0 Å². The van der Waals surface area contributed by atoms with Gasteiger partial charge in [-0.2, -0.15) is 0 Å². The van der Waals surface area contributed by atoms with Crippen LogP contribution in [0.2, 0.25) is 0 Å². The zero-order chi connectivity index (χ0) is 12.5. The van der Waals surface area contributed by atoms with E-state index in [9.17, 15) is 5.11 Å². The van der Waals surface area contributed by atoms with Crippen LogP contribution in [-0.2, 0) is 0 Å². The van der Waals surface area contributed by atoms with Crippen LogP contribution in [0.25, 0.3) is 0 Å². The first-order chi connectivity index (χ1) is 8.81. The Labute approximate surface area is 107 Å². The minimum atomic E-state index is -0.490. The predicted octanol–water partition coefficient (Wildman–Crippen LogP) is 3.51. The third-order valence-electron chi connectivity index (χ3n) is 3.41. The van der Waals surface area contributed by atoms with Gasteiger partial charge in [0, 0.05) is 17.0 Å². The summed E-state index contributed by atoms with van der Waals surface area (Å²) < 4.78 is 5.87. The van der Waals surface area contributed by atoms with Gasteiger partial charge in [0.05, 0.1) is 6.10 Å². The lowest BCUT2D eigenvalue weighted by molar-refractivity contribution is 0.154. The Kier molecular flexibility index (Phi) is 2.80. The normalized spacial score (nSPS) is 15.4. The number of rotatable bonds is 2. The van der Waals surface area contributed by atoms with E-state index in [2.05, 4.69) is 6.92 Å². The molecular formula is C16H15O2. The Hall–Kier alpha value is -1.80. The predicted molar refractivity (Wildman–Crippen MR) is 70.8 cm³/mol. The second-order valence-electron chi connectivity index (χ2n) is 4.51. The number of benzene rings is 2. The zero-order valence-corrected chi connectivity index (χ0v) is 10.0. The molecule has 1 atom stereocenters. The highest BCUT2D eigenvalue weighted by molar-refractivity contribution is 5.53. The molecule has 0 fully saturated rings. The molecule has 2 aromatic carbocycles. The van der Waals surface area contributed by atoms with Crippen molar-refractivity contribution in [2.75, 3.05) is 0 Å². The van der Waals surface area contributed by atoms with Crippen molar-refractivity contribution in [3.05, 3.63) is 66.6 Å². The van der Waals surface area contributed by atoms with Crippen LogP contribution in [0.15, 0.2) is 48.5 Å². The van der Waals surface area contributed by atoms with E-state index < -0.39 is 6.10 Å². The van der Waals surface area contributed by atoms with Gasteiger partial charge in [0.1, 0.15) is 11.5 Å². The molecule has 0 bridgehead atoms. The quantitative estimate of drug-likeness (QED) is 0.869. The van der Waals surface area contributed by atoms with E-state index in [0.29, 0.717) is 6.42 Å². The summed E-state index contributed by atoms with van der Waals surface area (Å²) in [7, 11) is 0. The van der Waals surface area contributed by atoms with Crippen LogP contribution in [0.1, 0.15) is 23.5 Å². The molecule has 1 N–H and O–H groups in total. The first-order valence-electron chi connectivity index (χ1n) is 6.14. The van der Waals surface area contributed by atoms with Crippen LogP contribution >= 0.6 is 0 Å². The van der Waals surface area contributed by atoms with E-state index >= 15 is 0 Å². The van der Waals surface area contributed by atoms with E-state index in [1.807, 2.05) is 48.5 Å². The Morgan fingerprint density at radius 3 is 2.00 bits per heavy atom. The van der Waals surface area contributed by atoms with Crippen LogP contribution in [-0.4, -0.2) is 11.2 Å². The second kappa shape index (κ2) is 4.46. The van der Waals surface area contributed by atoms with E-state index in [-0.39, 0.29) is 5.92 Å². The fraction of sp³-hybridized carbons (Fsp3) is 0.188. The lowest BCUT2D eigenvalue weighted by Gasteiger charge is -2.30.